The van der Waals surface area contributed by atoms with Crippen LogP contribution in [0.5, 0.6) is 5.75 Å². The van der Waals surface area contributed by atoms with E-state index in [1.807, 2.05) is 30.3 Å². The Bertz CT molecular complexity index is 729. The quantitative estimate of drug-likeness (QED) is 0.770. The maximum absolute atomic E-state index is 12.6. The van der Waals surface area contributed by atoms with Crippen molar-refractivity contribution in [2.24, 2.45) is 5.73 Å². The smallest absolute Gasteiger partial charge is 0.248 e. The SMILES string of the molecule is CC(N)(C(=O)Nc1ccc(OC2CCCCC2O)cc1)c1ccccc1. The van der Waals surface area contributed by atoms with Crippen LogP contribution in [0.4, 0.5) is 5.69 Å². The van der Waals surface area contributed by atoms with E-state index in [0.29, 0.717) is 11.4 Å². The number of hydrogen-bond acceptors (Lipinski definition) is 4. The molecule has 1 amide bonds. The van der Waals surface area contributed by atoms with Crippen molar-refractivity contribution in [3.8, 4) is 5.75 Å². The molecule has 0 aromatic heterocycles. The van der Waals surface area contributed by atoms with Gasteiger partial charge >= 0.3 is 0 Å². The van der Waals surface area contributed by atoms with Gasteiger partial charge in [-0.05, 0) is 56.0 Å². The first-order chi connectivity index (χ1) is 12.5. The number of rotatable bonds is 5. The molecular formula is C21H26N2O3. The van der Waals surface area contributed by atoms with Gasteiger partial charge in [0, 0.05) is 5.69 Å². The maximum atomic E-state index is 12.6. The van der Waals surface area contributed by atoms with Crippen molar-refractivity contribution in [3.05, 3.63) is 60.2 Å². The molecule has 0 spiro atoms. The highest BCUT2D eigenvalue weighted by Crippen LogP contribution is 2.26. The van der Waals surface area contributed by atoms with E-state index in [0.717, 1.165) is 31.2 Å². The lowest BCUT2D eigenvalue weighted by atomic mass is 9.92. The van der Waals surface area contributed by atoms with E-state index in [2.05, 4.69) is 5.32 Å². The highest BCUT2D eigenvalue weighted by molar-refractivity contribution is 5.98. The molecule has 26 heavy (non-hydrogen) atoms. The number of aliphatic hydroxyl groups excluding tert-OH is 1. The van der Waals surface area contributed by atoms with Crippen molar-refractivity contribution >= 4 is 11.6 Å². The summed E-state index contributed by atoms with van der Waals surface area (Å²) in [6.07, 6.45) is 3.20. The highest BCUT2D eigenvalue weighted by Gasteiger charge is 2.30. The van der Waals surface area contributed by atoms with Gasteiger partial charge < -0.3 is 20.9 Å². The summed E-state index contributed by atoms with van der Waals surface area (Å²) >= 11 is 0. The first-order valence-corrected chi connectivity index (χ1v) is 9.07. The van der Waals surface area contributed by atoms with E-state index >= 15 is 0 Å². The molecule has 5 nitrogen and oxygen atoms in total. The van der Waals surface area contributed by atoms with Crippen molar-refractivity contribution < 1.29 is 14.6 Å². The number of aliphatic hydroxyl groups is 1. The standard InChI is InChI=1S/C21H26N2O3/c1-21(22,15-7-3-2-4-8-15)20(25)23-16-11-13-17(14-12-16)26-19-10-6-5-9-18(19)24/h2-4,7-8,11-14,18-19,24H,5-6,9-10,22H2,1H3,(H,23,25). The van der Waals surface area contributed by atoms with Crippen LogP contribution in [-0.2, 0) is 10.3 Å². The number of nitrogens with two attached hydrogens (primary N) is 1. The molecule has 0 bridgehead atoms. The third-order valence-electron chi connectivity index (χ3n) is 4.91. The molecule has 3 rings (SSSR count). The molecule has 1 fully saturated rings. The van der Waals surface area contributed by atoms with Crippen LogP contribution in [0.15, 0.2) is 54.6 Å². The fourth-order valence-corrected chi connectivity index (χ4v) is 3.18. The Kier molecular flexibility index (Phi) is 5.59. The number of nitrogens with one attached hydrogen (secondary N) is 1. The molecule has 0 saturated heterocycles. The van der Waals surface area contributed by atoms with Crippen LogP contribution in [0.1, 0.15) is 38.2 Å². The Morgan fingerprint density at radius 3 is 2.42 bits per heavy atom. The zero-order valence-electron chi connectivity index (χ0n) is 15.0. The van der Waals surface area contributed by atoms with Crippen molar-refractivity contribution in [2.75, 3.05) is 5.32 Å². The maximum Gasteiger partial charge on any atom is 0.248 e. The minimum atomic E-state index is -1.12. The van der Waals surface area contributed by atoms with E-state index in [1.165, 1.54) is 0 Å². The number of carbonyl (C=O) groups is 1. The van der Waals surface area contributed by atoms with Gasteiger partial charge in [-0.2, -0.15) is 0 Å². The van der Waals surface area contributed by atoms with Gasteiger partial charge in [0.15, 0.2) is 0 Å². The summed E-state index contributed by atoms with van der Waals surface area (Å²) in [6.45, 7) is 1.69. The molecule has 3 unspecified atom stereocenters. The minimum Gasteiger partial charge on any atom is -0.488 e. The topological polar surface area (TPSA) is 84.6 Å². The molecular weight excluding hydrogens is 328 g/mol. The van der Waals surface area contributed by atoms with Gasteiger partial charge in [-0.3, -0.25) is 4.79 Å². The molecule has 1 aliphatic carbocycles. The highest BCUT2D eigenvalue weighted by atomic mass is 16.5. The number of amides is 1. The van der Waals surface area contributed by atoms with Crippen molar-refractivity contribution in [2.45, 2.75) is 50.4 Å². The molecule has 2 aromatic rings. The van der Waals surface area contributed by atoms with Crippen LogP contribution in [0.25, 0.3) is 0 Å². The van der Waals surface area contributed by atoms with Crippen LogP contribution in [0, 0.1) is 0 Å². The average molecular weight is 354 g/mol. The number of ether oxygens (including phenoxy) is 1. The molecule has 5 heteroatoms. The summed E-state index contributed by atoms with van der Waals surface area (Å²) in [6, 6.07) is 16.4. The van der Waals surface area contributed by atoms with Crippen molar-refractivity contribution in [3.63, 3.8) is 0 Å². The first kappa shape index (κ1) is 18.4. The Morgan fingerprint density at radius 2 is 1.77 bits per heavy atom. The lowest BCUT2D eigenvalue weighted by Gasteiger charge is -2.28. The van der Waals surface area contributed by atoms with Gasteiger partial charge in [0.2, 0.25) is 5.91 Å². The van der Waals surface area contributed by atoms with Gasteiger partial charge in [-0.15, -0.1) is 0 Å². The lowest BCUT2D eigenvalue weighted by Crippen LogP contribution is -2.45. The second-order valence-corrected chi connectivity index (χ2v) is 7.05. The molecule has 0 aliphatic heterocycles. The Labute approximate surface area is 154 Å². The number of anilines is 1. The Balaban J connectivity index is 1.63. The third-order valence-corrected chi connectivity index (χ3v) is 4.91. The van der Waals surface area contributed by atoms with Crippen molar-refractivity contribution in [1.82, 2.24) is 0 Å². The molecule has 0 heterocycles. The van der Waals surface area contributed by atoms with Crippen LogP contribution < -0.4 is 15.8 Å². The lowest BCUT2D eigenvalue weighted by molar-refractivity contribution is -0.120. The van der Waals surface area contributed by atoms with Crippen LogP contribution in [0.3, 0.4) is 0 Å². The Hall–Kier alpha value is -2.37. The van der Waals surface area contributed by atoms with E-state index in [-0.39, 0.29) is 12.0 Å². The van der Waals surface area contributed by atoms with Crippen LogP contribution >= 0.6 is 0 Å². The predicted molar refractivity (Wildman–Crippen MR) is 102 cm³/mol. The van der Waals surface area contributed by atoms with Crippen LogP contribution in [0.2, 0.25) is 0 Å². The van der Waals surface area contributed by atoms with E-state index in [4.69, 9.17) is 10.5 Å². The van der Waals surface area contributed by atoms with Gasteiger partial charge in [0.25, 0.3) is 0 Å². The molecule has 1 saturated carbocycles. The molecule has 4 N–H and O–H groups in total. The molecule has 2 aromatic carbocycles. The summed E-state index contributed by atoms with van der Waals surface area (Å²) in [5.74, 6) is 0.410. The van der Waals surface area contributed by atoms with Gasteiger partial charge in [0.1, 0.15) is 17.4 Å². The zero-order valence-corrected chi connectivity index (χ0v) is 15.0. The fourth-order valence-electron chi connectivity index (χ4n) is 3.18. The summed E-state index contributed by atoms with van der Waals surface area (Å²) in [5, 5.41) is 12.9. The molecule has 1 aliphatic rings. The van der Waals surface area contributed by atoms with E-state index in [1.54, 1.807) is 31.2 Å². The van der Waals surface area contributed by atoms with Gasteiger partial charge in [-0.1, -0.05) is 36.8 Å². The predicted octanol–water partition coefficient (Wildman–Crippen LogP) is 3.18. The van der Waals surface area contributed by atoms with E-state index < -0.39 is 11.6 Å². The zero-order chi connectivity index (χ0) is 18.6. The summed E-state index contributed by atoms with van der Waals surface area (Å²) in [7, 11) is 0. The minimum absolute atomic E-state index is 0.158. The third kappa shape index (κ3) is 4.23. The first-order valence-electron chi connectivity index (χ1n) is 9.07. The number of benzene rings is 2. The van der Waals surface area contributed by atoms with Gasteiger partial charge in [-0.25, -0.2) is 0 Å². The van der Waals surface area contributed by atoms with Crippen molar-refractivity contribution in [1.29, 1.82) is 0 Å². The fraction of sp³-hybridized carbons (Fsp3) is 0.381. The monoisotopic (exact) mass is 354 g/mol. The normalized spacial score (nSPS) is 22.3. The number of hydrogen-bond donors (Lipinski definition) is 3. The molecule has 138 valence electrons. The summed E-state index contributed by atoms with van der Waals surface area (Å²) in [4.78, 5) is 12.6. The summed E-state index contributed by atoms with van der Waals surface area (Å²) < 4.78 is 5.88. The Morgan fingerprint density at radius 1 is 1.12 bits per heavy atom. The summed E-state index contributed by atoms with van der Waals surface area (Å²) in [5.41, 5.74) is 6.52. The average Bonchev–Trinajstić information content (AvgIpc) is 2.66. The largest absolute Gasteiger partial charge is 0.488 e. The van der Waals surface area contributed by atoms with E-state index in [9.17, 15) is 9.90 Å². The molecule has 3 atom stereocenters. The number of carbonyl (C=O) groups excluding carboxylic acids is 1. The second-order valence-electron chi connectivity index (χ2n) is 7.05. The second kappa shape index (κ2) is 7.89. The molecule has 0 radical (unpaired) electrons. The van der Waals surface area contributed by atoms with Crippen LogP contribution in [-0.4, -0.2) is 23.2 Å². The van der Waals surface area contributed by atoms with Gasteiger partial charge in [0.05, 0.1) is 6.10 Å².